The highest BCUT2D eigenvalue weighted by molar-refractivity contribution is 5.55. The Morgan fingerprint density at radius 3 is 1.29 bits per heavy atom. The van der Waals surface area contributed by atoms with E-state index in [1.54, 1.807) is 0 Å². The molecule has 3 heteroatoms. The SMILES string of the molecule is O=CC(O)CCCCCCCCCCCCCCCCO. The zero-order valence-electron chi connectivity index (χ0n) is 13.8. The first kappa shape index (κ1) is 20.6. The molecule has 0 aromatic rings. The summed E-state index contributed by atoms with van der Waals surface area (Å²) in [6.45, 7) is 0.345. The fourth-order valence-corrected chi connectivity index (χ4v) is 2.65. The van der Waals surface area contributed by atoms with Gasteiger partial charge in [-0.1, -0.05) is 83.5 Å². The minimum absolute atomic E-state index is 0.345. The molecule has 0 aliphatic rings. The molecule has 126 valence electrons. The van der Waals surface area contributed by atoms with Crippen LogP contribution < -0.4 is 0 Å². The minimum Gasteiger partial charge on any atom is -0.396 e. The maximum absolute atomic E-state index is 10.2. The van der Waals surface area contributed by atoms with Crippen molar-refractivity contribution in [2.24, 2.45) is 0 Å². The van der Waals surface area contributed by atoms with Gasteiger partial charge < -0.3 is 15.0 Å². The average Bonchev–Trinajstić information content (AvgIpc) is 2.50. The summed E-state index contributed by atoms with van der Waals surface area (Å²) in [6, 6.07) is 0. The quantitative estimate of drug-likeness (QED) is 0.309. The molecule has 0 aliphatic carbocycles. The van der Waals surface area contributed by atoms with Gasteiger partial charge in [0.25, 0.3) is 0 Å². The standard InChI is InChI=1S/C18H36O3/c19-16-14-12-10-8-6-4-2-1-3-5-7-9-11-13-15-18(21)17-20/h17-19,21H,1-16H2. The molecule has 3 nitrogen and oxygen atoms in total. The van der Waals surface area contributed by atoms with Gasteiger partial charge in [-0.2, -0.15) is 0 Å². The molecule has 0 spiro atoms. The Balaban J connectivity index is 2.98. The number of carbonyl (C=O) groups is 1. The number of unbranched alkanes of at least 4 members (excludes halogenated alkanes) is 13. The Hall–Kier alpha value is -0.410. The minimum atomic E-state index is -0.742. The van der Waals surface area contributed by atoms with Crippen molar-refractivity contribution < 1.29 is 15.0 Å². The van der Waals surface area contributed by atoms with Gasteiger partial charge in [-0.05, 0) is 12.8 Å². The molecular weight excluding hydrogens is 264 g/mol. The molecule has 1 unspecified atom stereocenters. The van der Waals surface area contributed by atoms with Crippen LogP contribution in [0.2, 0.25) is 0 Å². The Labute approximate surface area is 131 Å². The molecule has 0 rings (SSSR count). The van der Waals surface area contributed by atoms with Crippen LogP contribution in [0.3, 0.4) is 0 Å². The van der Waals surface area contributed by atoms with Gasteiger partial charge in [0.1, 0.15) is 12.4 Å². The predicted octanol–water partition coefficient (Wildman–Crippen LogP) is 4.39. The van der Waals surface area contributed by atoms with E-state index in [0.29, 0.717) is 19.3 Å². The van der Waals surface area contributed by atoms with Crippen LogP contribution in [0.4, 0.5) is 0 Å². The van der Waals surface area contributed by atoms with Crippen molar-refractivity contribution >= 4 is 6.29 Å². The smallest absolute Gasteiger partial charge is 0.148 e. The molecular formula is C18H36O3. The van der Waals surface area contributed by atoms with Gasteiger partial charge in [0.2, 0.25) is 0 Å². The summed E-state index contributed by atoms with van der Waals surface area (Å²) in [5, 5.41) is 17.8. The van der Waals surface area contributed by atoms with E-state index < -0.39 is 6.10 Å². The van der Waals surface area contributed by atoms with Crippen molar-refractivity contribution in [3.05, 3.63) is 0 Å². The van der Waals surface area contributed by atoms with Crippen LogP contribution in [0.1, 0.15) is 96.3 Å². The monoisotopic (exact) mass is 300 g/mol. The summed E-state index contributed by atoms with van der Waals surface area (Å²) >= 11 is 0. The molecule has 0 radical (unpaired) electrons. The normalized spacial score (nSPS) is 12.5. The highest BCUT2D eigenvalue weighted by Crippen LogP contribution is 2.13. The third-order valence-electron chi connectivity index (χ3n) is 4.07. The first-order valence-electron chi connectivity index (χ1n) is 9.05. The maximum Gasteiger partial charge on any atom is 0.148 e. The number of aliphatic hydroxyl groups is 2. The molecule has 0 heterocycles. The van der Waals surface area contributed by atoms with Gasteiger partial charge in [0, 0.05) is 6.61 Å². The largest absolute Gasteiger partial charge is 0.396 e. The fraction of sp³-hybridized carbons (Fsp3) is 0.944. The number of hydrogen-bond donors (Lipinski definition) is 2. The van der Waals surface area contributed by atoms with E-state index in [9.17, 15) is 4.79 Å². The summed E-state index contributed by atoms with van der Waals surface area (Å²) in [6.07, 6.45) is 18.0. The lowest BCUT2D eigenvalue weighted by molar-refractivity contribution is -0.115. The van der Waals surface area contributed by atoms with Crippen LogP contribution >= 0.6 is 0 Å². The van der Waals surface area contributed by atoms with Crippen molar-refractivity contribution in [2.75, 3.05) is 6.61 Å². The lowest BCUT2D eigenvalue weighted by atomic mass is 10.0. The van der Waals surface area contributed by atoms with E-state index in [2.05, 4.69) is 0 Å². The second-order valence-electron chi connectivity index (χ2n) is 6.17. The van der Waals surface area contributed by atoms with Crippen LogP contribution in [0.25, 0.3) is 0 Å². The third kappa shape index (κ3) is 17.5. The van der Waals surface area contributed by atoms with E-state index in [0.717, 1.165) is 19.3 Å². The van der Waals surface area contributed by atoms with Crippen molar-refractivity contribution in [1.82, 2.24) is 0 Å². The molecule has 0 aromatic heterocycles. The van der Waals surface area contributed by atoms with Crippen molar-refractivity contribution in [1.29, 1.82) is 0 Å². The predicted molar refractivity (Wildman–Crippen MR) is 88.4 cm³/mol. The van der Waals surface area contributed by atoms with Gasteiger partial charge in [-0.15, -0.1) is 0 Å². The molecule has 0 saturated carbocycles. The van der Waals surface area contributed by atoms with Crippen molar-refractivity contribution in [3.8, 4) is 0 Å². The average molecular weight is 300 g/mol. The van der Waals surface area contributed by atoms with Crippen LogP contribution in [-0.4, -0.2) is 29.2 Å². The number of aldehydes is 1. The lowest BCUT2D eigenvalue weighted by Crippen LogP contribution is -2.06. The van der Waals surface area contributed by atoms with E-state index in [-0.39, 0.29) is 0 Å². The molecule has 0 bridgehead atoms. The Morgan fingerprint density at radius 1 is 0.619 bits per heavy atom. The summed E-state index contributed by atoms with van der Waals surface area (Å²) in [5.41, 5.74) is 0. The van der Waals surface area contributed by atoms with Gasteiger partial charge in [-0.25, -0.2) is 0 Å². The van der Waals surface area contributed by atoms with Crippen LogP contribution in [0.5, 0.6) is 0 Å². The highest BCUT2D eigenvalue weighted by atomic mass is 16.3. The van der Waals surface area contributed by atoms with Crippen molar-refractivity contribution in [2.45, 2.75) is 102 Å². The van der Waals surface area contributed by atoms with Gasteiger partial charge >= 0.3 is 0 Å². The number of rotatable bonds is 17. The molecule has 0 aromatic carbocycles. The van der Waals surface area contributed by atoms with E-state index in [4.69, 9.17) is 10.2 Å². The van der Waals surface area contributed by atoms with E-state index >= 15 is 0 Å². The summed E-state index contributed by atoms with van der Waals surface area (Å²) in [7, 11) is 0. The molecule has 2 N–H and O–H groups in total. The Morgan fingerprint density at radius 2 is 0.952 bits per heavy atom. The highest BCUT2D eigenvalue weighted by Gasteiger charge is 2.00. The molecule has 0 saturated heterocycles. The topological polar surface area (TPSA) is 57.5 Å². The zero-order chi connectivity index (χ0) is 15.6. The molecule has 0 aliphatic heterocycles. The molecule has 21 heavy (non-hydrogen) atoms. The second kappa shape index (κ2) is 17.6. The summed E-state index contributed by atoms with van der Waals surface area (Å²) in [4.78, 5) is 10.2. The molecule has 0 amide bonds. The van der Waals surface area contributed by atoms with Crippen LogP contribution in [0, 0.1) is 0 Å². The Kier molecular flexibility index (Phi) is 17.3. The number of carbonyl (C=O) groups excluding carboxylic acids is 1. The van der Waals surface area contributed by atoms with E-state index in [1.165, 1.54) is 70.6 Å². The van der Waals surface area contributed by atoms with Crippen molar-refractivity contribution in [3.63, 3.8) is 0 Å². The van der Waals surface area contributed by atoms with Gasteiger partial charge in [0.05, 0.1) is 0 Å². The maximum atomic E-state index is 10.2. The molecule has 0 fully saturated rings. The van der Waals surface area contributed by atoms with Crippen LogP contribution in [-0.2, 0) is 4.79 Å². The second-order valence-corrected chi connectivity index (χ2v) is 6.17. The van der Waals surface area contributed by atoms with Gasteiger partial charge in [-0.3, -0.25) is 0 Å². The lowest BCUT2D eigenvalue weighted by Gasteiger charge is -2.04. The molecule has 1 atom stereocenters. The Bertz CT molecular complexity index is 207. The van der Waals surface area contributed by atoms with Gasteiger partial charge in [0.15, 0.2) is 0 Å². The number of aliphatic hydroxyl groups excluding tert-OH is 2. The summed E-state index contributed by atoms with van der Waals surface area (Å²) in [5.74, 6) is 0. The third-order valence-corrected chi connectivity index (χ3v) is 4.07. The number of hydrogen-bond acceptors (Lipinski definition) is 3. The van der Waals surface area contributed by atoms with Crippen LogP contribution in [0.15, 0.2) is 0 Å². The fourth-order valence-electron chi connectivity index (χ4n) is 2.65. The van der Waals surface area contributed by atoms with E-state index in [1.807, 2.05) is 0 Å². The zero-order valence-corrected chi connectivity index (χ0v) is 13.8. The summed E-state index contributed by atoms with van der Waals surface area (Å²) < 4.78 is 0. The first-order chi connectivity index (χ1) is 10.3. The first-order valence-corrected chi connectivity index (χ1v) is 9.05.